The summed E-state index contributed by atoms with van der Waals surface area (Å²) in [5, 5.41) is 21.7. The van der Waals surface area contributed by atoms with Gasteiger partial charge in [0.1, 0.15) is 18.1 Å². The number of hydrogen-bond donors (Lipinski definition) is 2. The summed E-state index contributed by atoms with van der Waals surface area (Å²) in [6.07, 6.45) is 4.87. The van der Waals surface area contributed by atoms with Gasteiger partial charge in [-0.25, -0.2) is 10.3 Å². The number of H-pyrrole nitrogens is 1. The molecule has 2 aromatic carbocycles. The summed E-state index contributed by atoms with van der Waals surface area (Å²) >= 11 is 0. The number of rotatable bonds is 4. The van der Waals surface area contributed by atoms with Gasteiger partial charge in [0.25, 0.3) is 5.82 Å². The largest absolute Gasteiger partial charge is 0.383 e. The number of anilines is 3. The molecule has 0 aliphatic rings. The van der Waals surface area contributed by atoms with Crippen LogP contribution < -0.4 is 16.0 Å². The van der Waals surface area contributed by atoms with Crippen LogP contribution in [0, 0.1) is 36.5 Å². The Morgan fingerprint density at radius 3 is 2.50 bits per heavy atom. The van der Waals surface area contributed by atoms with Crippen molar-refractivity contribution in [1.29, 1.82) is 10.5 Å². The first-order valence-electron chi connectivity index (χ1n) is 9.93. The number of pyridine rings is 1. The molecule has 0 bridgehead atoms. The van der Waals surface area contributed by atoms with E-state index in [0.29, 0.717) is 23.1 Å². The monoisotopic (exact) mass is 418 g/mol. The maximum Gasteiger partial charge on any atom is 0.321 e. The molecule has 0 radical (unpaired) electrons. The molecule has 32 heavy (non-hydrogen) atoms. The fourth-order valence-corrected chi connectivity index (χ4v) is 3.78. The molecule has 0 spiro atoms. The number of nitrogens with two attached hydrogens (primary N) is 1. The van der Waals surface area contributed by atoms with Gasteiger partial charge in [0.05, 0.1) is 17.1 Å². The molecule has 2 aromatic heterocycles. The summed E-state index contributed by atoms with van der Waals surface area (Å²) in [5.41, 5.74) is 12.7. The Labute approximate surface area is 185 Å². The molecule has 0 aliphatic carbocycles. The van der Waals surface area contributed by atoms with E-state index in [1.807, 2.05) is 50.2 Å². The Morgan fingerprint density at radius 2 is 1.84 bits per heavy atom. The fraction of sp³-hybridized carbons (Fsp3) is 0.0800. The number of nitrogens with zero attached hydrogens (tertiary/aromatic N) is 4. The molecule has 154 valence electrons. The lowest BCUT2D eigenvalue weighted by Gasteiger charge is -2.14. The van der Waals surface area contributed by atoms with E-state index >= 15 is 0 Å². The number of hydrogen-bond acceptors (Lipinski definition) is 6. The summed E-state index contributed by atoms with van der Waals surface area (Å²) in [4.78, 5) is 12.2. The minimum Gasteiger partial charge on any atom is -0.383 e. The maximum atomic E-state index is 8.97. The highest BCUT2D eigenvalue weighted by atomic mass is 15.2. The zero-order chi connectivity index (χ0) is 22.7. The van der Waals surface area contributed by atoms with Crippen LogP contribution in [0.1, 0.15) is 22.3 Å². The smallest absolute Gasteiger partial charge is 0.321 e. The summed E-state index contributed by atoms with van der Waals surface area (Å²) in [6.45, 7) is 4.08. The quantitative estimate of drug-likeness (QED) is 0.471. The highest BCUT2D eigenvalue weighted by molar-refractivity contribution is 6.00. The molecule has 0 fully saturated rings. The third kappa shape index (κ3) is 3.96. The van der Waals surface area contributed by atoms with Gasteiger partial charge in [0, 0.05) is 23.1 Å². The van der Waals surface area contributed by atoms with Gasteiger partial charge in [-0.05, 0) is 54.3 Å². The second kappa shape index (κ2) is 8.55. The average molecular weight is 418 g/mol. The third-order valence-corrected chi connectivity index (χ3v) is 5.12. The molecule has 7 nitrogen and oxygen atoms in total. The zero-order valence-electron chi connectivity index (χ0n) is 17.6. The number of aromatic nitrogens is 3. The first-order valence-corrected chi connectivity index (χ1v) is 9.93. The van der Waals surface area contributed by atoms with Gasteiger partial charge in [-0.2, -0.15) is 20.5 Å². The second-order valence-corrected chi connectivity index (χ2v) is 7.35. The summed E-state index contributed by atoms with van der Waals surface area (Å²) in [6, 6.07) is 17.5. The van der Waals surface area contributed by atoms with E-state index in [0.717, 1.165) is 38.7 Å². The van der Waals surface area contributed by atoms with E-state index in [9.17, 15) is 0 Å². The van der Waals surface area contributed by atoms with Crippen molar-refractivity contribution >= 4 is 34.6 Å². The normalized spacial score (nSPS) is 10.8. The van der Waals surface area contributed by atoms with Crippen LogP contribution >= 0.6 is 0 Å². The van der Waals surface area contributed by atoms with Crippen LogP contribution in [0.3, 0.4) is 0 Å². The molecule has 0 amide bonds. The van der Waals surface area contributed by atoms with Gasteiger partial charge in [-0.3, -0.25) is 0 Å². The van der Waals surface area contributed by atoms with Crippen LogP contribution in [0.4, 0.5) is 17.6 Å². The SMILES string of the molecule is Cc1cc(/C=C/C#N)cc(C)c1-c1cccc2c(N)nc(Nc3ccc(C#N)c[nH+]3)nc12. The molecule has 4 N–H and O–H groups in total. The molecule has 2 heterocycles. The fourth-order valence-electron chi connectivity index (χ4n) is 3.78. The van der Waals surface area contributed by atoms with Crippen molar-refractivity contribution in [3.05, 3.63) is 77.0 Å². The van der Waals surface area contributed by atoms with E-state index < -0.39 is 0 Å². The van der Waals surface area contributed by atoms with Gasteiger partial charge >= 0.3 is 5.95 Å². The second-order valence-electron chi connectivity index (χ2n) is 7.35. The summed E-state index contributed by atoms with van der Waals surface area (Å²) in [5.74, 6) is 1.37. The number of allylic oxidation sites excluding steroid dienone is 1. The Hall–Kier alpha value is -4.75. The minimum atomic E-state index is 0.354. The standard InChI is InChI=1S/C25H19N7/c1-15-11-17(5-4-10-26)12-16(2)22(15)19-6-3-7-20-23(19)31-25(32-24(20)28)30-21-9-8-18(13-27)14-29-21/h3-9,11-12,14H,1-2H3,(H3,28,29,30,31,32)/p+1/b5-4+. The average Bonchev–Trinajstić information content (AvgIpc) is 2.78. The summed E-state index contributed by atoms with van der Waals surface area (Å²) in [7, 11) is 0. The molecule has 4 rings (SSSR count). The topological polar surface area (TPSA) is 126 Å². The van der Waals surface area contributed by atoms with Crippen molar-refractivity contribution in [2.24, 2.45) is 0 Å². The number of nitrogens with one attached hydrogen (secondary N) is 2. The van der Waals surface area contributed by atoms with E-state index in [1.165, 1.54) is 6.08 Å². The molecule has 4 aromatic rings. The number of benzene rings is 2. The lowest BCUT2D eigenvalue weighted by molar-refractivity contribution is -0.360. The van der Waals surface area contributed by atoms with Crippen LogP contribution in [0.25, 0.3) is 28.1 Å². The number of aromatic amines is 1. The van der Waals surface area contributed by atoms with Gasteiger partial charge < -0.3 is 5.73 Å². The first kappa shape index (κ1) is 20.5. The molecule has 0 saturated heterocycles. The van der Waals surface area contributed by atoms with Crippen LogP contribution in [0.2, 0.25) is 0 Å². The number of nitriles is 2. The van der Waals surface area contributed by atoms with Crippen molar-refractivity contribution in [3.63, 3.8) is 0 Å². The minimum absolute atomic E-state index is 0.354. The van der Waals surface area contributed by atoms with E-state index in [2.05, 4.69) is 21.4 Å². The molecule has 0 unspecified atom stereocenters. The zero-order valence-corrected chi connectivity index (χ0v) is 17.6. The predicted octanol–water partition coefficient (Wildman–Crippen LogP) is 4.46. The van der Waals surface area contributed by atoms with Gasteiger partial charge in [-0.15, -0.1) is 0 Å². The highest BCUT2D eigenvalue weighted by Crippen LogP contribution is 2.35. The lowest BCUT2D eigenvalue weighted by atomic mass is 9.92. The van der Waals surface area contributed by atoms with Crippen LogP contribution in [0.15, 0.2) is 54.7 Å². The molecule has 0 aliphatic heterocycles. The molecular formula is C25H20N7+. The Kier molecular flexibility index (Phi) is 5.48. The number of para-hydroxylation sites is 1. The number of aryl methyl sites for hydroxylation is 2. The predicted molar refractivity (Wildman–Crippen MR) is 125 cm³/mol. The van der Waals surface area contributed by atoms with Crippen molar-refractivity contribution in [2.45, 2.75) is 13.8 Å². The van der Waals surface area contributed by atoms with Gasteiger partial charge in [0.15, 0.2) is 0 Å². The van der Waals surface area contributed by atoms with Crippen molar-refractivity contribution in [3.8, 4) is 23.3 Å². The van der Waals surface area contributed by atoms with Crippen molar-refractivity contribution in [1.82, 2.24) is 9.97 Å². The Morgan fingerprint density at radius 1 is 1.06 bits per heavy atom. The van der Waals surface area contributed by atoms with Crippen molar-refractivity contribution < 1.29 is 4.98 Å². The van der Waals surface area contributed by atoms with E-state index in [1.54, 1.807) is 24.4 Å². The van der Waals surface area contributed by atoms with Gasteiger partial charge in [-0.1, -0.05) is 24.3 Å². The molecular weight excluding hydrogens is 398 g/mol. The lowest BCUT2D eigenvalue weighted by Crippen LogP contribution is -2.12. The van der Waals surface area contributed by atoms with Crippen LogP contribution in [-0.2, 0) is 0 Å². The summed E-state index contributed by atoms with van der Waals surface area (Å²) < 4.78 is 0. The molecule has 0 atom stereocenters. The Balaban J connectivity index is 1.83. The Bertz CT molecular complexity index is 1420. The number of nitrogen functional groups attached to an aromatic ring is 1. The number of fused-ring (bicyclic) bond motifs is 1. The van der Waals surface area contributed by atoms with Crippen LogP contribution in [0.5, 0.6) is 0 Å². The maximum absolute atomic E-state index is 8.97. The first-order chi connectivity index (χ1) is 15.5. The molecule has 0 saturated carbocycles. The van der Waals surface area contributed by atoms with Crippen molar-refractivity contribution in [2.75, 3.05) is 11.1 Å². The van der Waals surface area contributed by atoms with Gasteiger partial charge in [0.2, 0.25) is 0 Å². The molecule has 7 heteroatoms. The third-order valence-electron chi connectivity index (χ3n) is 5.12. The highest BCUT2D eigenvalue weighted by Gasteiger charge is 2.16. The van der Waals surface area contributed by atoms with Crippen LogP contribution in [-0.4, -0.2) is 9.97 Å². The van der Waals surface area contributed by atoms with E-state index in [-0.39, 0.29) is 0 Å². The van der Waals surface area contributed by atoms with E-state index in [4.69, 9.17) is 21.2 Å².